The lowest BCUT2D eigenvalue weighted by Gasteiger charge is -2.44. The molecule has 0 bridgehead atoms. The van der Waals surface area contributed by atoms with Gasteiger partial charge in [-0.2, -0.15) is 0 Å². The lowest BCUT2D eigenvalue weighted by Crippen LogP contribution is -2.45. The average molecular weight is 440 g/mol. The van der Waals surface area contributed by atoms with E-state index in [0.29, 0.717) is 11.8 Å². The Morgan fingerprint density at radius 1 is 1.23 bits per heavy atom. The zero-order valence-electron chi connectivity index (χ0n) is 16.6. The molecule has 2 aliphatic carbocycles. The maximum absolute atomic E-state index is 12.9. The average Bonchev–Trinajstić information content (AvgIpc) is 2.79. The number of ether oxygens (including phenoxy) is 1. The van der Waals surface area contributed by atoms with Gasteiger partial charge in [-0.3, -0.25) is 0 Å². The first-order valence-electron chi connectivity index (χ1n) is 9.40. The number of halogens is 1. The Labute approximate surface area is 169 Å². The highest BCUT2D eigenvalue weighted by atomic mass is 79.9. The van der Waals surface area contributed by atoms with E-state index in [4.69, 9.17) is 9.13 Å². The third kappa shape index (κ3) is 3.65. The summed E-state index contributed by atoms with van der Waals surface area (Å²) in [5, 5.41) is 0. The Balaban J connectivity index is 2.09. The van der Waals surface area contributed by atoms with Crippen molar-refractivity contribution in [2.45, 2.75) is 64.7 Å². The Kier molecular flexibility index (Phi) is 5.67. The molecule has 0 N–H and O–H groups in total. The minimum absolute atomic E-state index is 0.0299. The van der Waals surface area contributed by atoms with E-state index in [2.05, 4.69) is 48.0 Å². The van der Waals surface area contributed by atoms with E-state index in [9.17, 15) is 4.55 Å². The summed E-state index contributed by atoms with van der Waals surface area (Å²) in [6, 6.07) is 6.45. The predicted octanol–water partition coefficient (Wildman–Crippen LogP) is 5.32. The smallest absolute Gasteiger partial charge is 0.144 e. The molecule has 3 rings (SSSR count). The number of rotatable bonds is 2. The SMILES string of the molecule is CO[C@H]1[C@H](C)C[C@@]2(Cc3ccc(Br)cc3/C2=N\[S+]([O-])C(C)(C)C)C[C@@H]1C. The van der Waals surface area contributed by atoms with Gasteiger partial charge in [-0.25, -0.2) is 0 Å². The number of nitrogens with zero attached hydrogens (tertiary/aromatic N) is 1. The normalized spacial score (nSPS) is 34.3. The van der Waals surface area contributed by atoms with Crippen LogP contribution in [0.25, 0.3) is 0 Å². The minimum atomic E-state index is -1.26. The molecule has 3 nitrogen and oxygen atoms in total. The summed E-state index contributed by atoms with van der Waals surface area (Å²) in [5.41, 5.74) is 3.52. The fourth-order valence-corrected chi connectivity index (χ4v) is 6.03. The van der Waals surface area contributed by atoms with Gasteiger partial charge in [-0.05, 0) is 69.6 Å². The van der Waals surface area contributed by atoms with Crippen LogP contribution in [-0.2, 0) is 22.5 Å². The van der Waals surface area contributed by atoms with Crippen LogP contribution in [0, 0.1) is 17.3 Å². The van der Waals surface area contributed by atoms with E-state index >= 15 is 0 Å². The molecule has 26 heavy (non-hydrogen) atoms. The van der Waals surface area contributed by atoms with Crippen LogP contribution < -0.4 is 0 Å². The van der Waals surface area contributed by atoms with Crippen LogP contribution >= 0.6 is 15.9 Å². The van der Waals surface area contributed by atoms with Gasteiger partial charge in [0.05, 0.1) is 6.10 Å². The maximum atomic E-state index is 12.9. The van der Waals surface area contributed by atoms with E-state index in [1.807, 2.05) is 27.9 Å². The Hall–Kier alpha value is -0.360. The molecule has 0 amide bonds. The number of hydrogen-bond donors (Lipinski definition) is 0. The van der Waals surface area contributed by atoms with E-state index in [-0.39, 0.29) is 16.3 Å². The van der Waals surface area contributed by atoms with Crippen LogP contribution in [0.5, 0.6) is 0 Å². The van der Waals surface area contributed by atoms with Gasteiger partial charge >= 0.3 is 0 Å². The monoisotopic (exact) mass is 439 g/mol. The number of benzene rings is 1. The van der Waals surface area contributed by atoms with E-state index in [1.54, 1.807) is 0 Å². The second-order valence-electron chi connectivity index (χ2n) is 9.12. The van der Waals surface area contributed by atoms with Gasteiger partial charge < -0.3 is 9.29 Å². The van der Waals surface area contributed by atoms with Gasteiger partial charge in [0, 0.05) is 22.6 Å². The zero-order chi connectivity index (χ0) is 19.3. The second kappa shape index (κ2) is 7.23. The van der Waals surface area contributed by atoms with Crippen molar-refractivity contribution in [1.82, 2.24) is 0 Å². The van der Waals surface area contributed by atoms with Gasteiger partial charge in [0.15, 0.2) is 0 Å². The topological polar surface area (TPSA) is 44.6 Å². The van der Waals surface area contributed by atoms with Gasteiger partial charge in [0.1, 0.15) is 21.8 Å². The van der Waals surface area contributed by atoms with Crippen molar-refractivity contribution in [3.05, 3.63) is 33.8 Å². The molecule has 0 saturated heterocycles. The predicted molar refractivity (Wildman–Crippen MR) is 113 cm³/mol. The molecule has 0 aliphatic heterocycles. The first-order valence-corrected chi connectivity index (χ1v) is 11.3. The Morgan fingerprint density at radius 2 is 1.85 bits per heavy atom. The summed E-state index contributed by atoms with van der Waals surface area (Å²) < 4.78 is 24.2. The maximum Gasteiger partial charge on any atom is 0.144 e. The minimum Gasteiger partial charge on any atom is -0.591 e. The molecule has 1 saturated carbocycles. The standard InChI is InChI=1S/C21H30BrNO2S/c1-13-10-21(11-14(2)18(13)25-6)12-15-7-8-16(22)9-17(15)19(21)23-26(24)20(3,4)5/h7-9,13-14,18H,10-12H2,1-6H3/b23-19+/t13-,14+,18+,21+,26?. The summed E-state index contributed by atoms with van der Waals surface area (Å²) in [5.74, 6) is 0.907. The van der Waals surface area contributed by atoms with E-state index in [1.165, 1.54) is 11.1 Å². The molecular weight excluding hydrogens is 410 g/mol. The molecule has 1 fully saturated rings. The molecule has 1 aromatic carbocycles. The molecule has 0 aromatic heterocycles. The summed E-state index contributed by atoms with van der Waals surface area (Å²) in [6.07, 6.45) is 3.33. The van der Waals surface area contributed by atoms with Gasteiger partial charge in [-0.15, -0.1) is 0 Å². The first-order chi connectivity index (χ1) is 12.1. The first kappa shape index (κ1) is 20.4. The number of hydrogen-bond acceptors (Lipinski definition) is 3. The van der Waals surface area contributed by atoms with E-state index in [0.717, 1.165) is 29.4 Å². The number of methoxy groups -OCH3 is 1. The molecule has 1 aromatic rings. The quantitative estimate of drug-likeness (QED) is 0.584. The van der Waals surface area contributed by atoms with Crippen LogP contribution in [0.2, 0.25) is 0 Å². The third-order valence-corrected chi connectivity index (χ3v) is 7.76. The molecule has 5 atom stereocenters. The molecular formula is C21H30BrNO2S. The van der Waals surface area contributed by atoms with Crippen LogP contribution in [0.1, 0.15) is 58.6 Å². The van der Waals surface area contributed by atoms with Crippen LogP contribution in [0.3, 0.4) is 0 Å². The molecule has 1 unspecified atom stereocenters. The number of fused-ring (bicyclic) bond motifs is 1. The molecule has 0 radical (unpaired) electrons. The lowest BCUT2D eigenvalue weighted by atomic mass is 9.63. The van der Waals surface area contributed by atoms with Crippen molar-refractivity contribution in [2.24, 2.45) is 21.6 Å². The summed E-state index contributed by atoms with van der Waals surface area (Å²) in [7, 11) is 1.82. The van der Waals surface area contributed by atoms with Gasteiger partial charge in [-0.1, -0.05) is 40.2 Å². The highest BCUT2D eigenvalue weighted by Crippen LogP contribution is 2.52. The Morgan fingerprint density at radius 3 is 2.38 bits per heavy atom. The molecule has 1 spiro atoms. The lowest BCUT2D eigenvalue weighted by molar-refractivity contribution is -0.0342. The van der Waals surface area contributed by atoms with Crippen molar-refractivity contribution in [3.8, 4) is 0 Å². The van der Waals surface area contributed by atoms with Crippen molar-refractivity contribution >= 4 is 33.0 Å². The Bertz CT molecular complexity index is 700. The summed E-state index contributed by atoms with van der Waals surface area (Å²) >= 11 is 2.34. The third-order valence-electron chi connectivity index (χ3n) is 5.88. The molecule has 0 heterocycles. The van der Waals surface area contributed by atoms with Gasteiger partial charge in [0.2, 0.25) is 0 Å². The van der Waals surface area contributed by atoms with Crippen molar-refractivity contribution in [2.75, 3.05) is 7.11 Å². The van der Waals surface area contributed by atoms with Crippen LogP contribution in [0.15, 0.2) is 27.1 Å². The summed E-state index contributed by atoms with van der Waals surface area (Å²) in [4.78, 5) is 0. The summed E-state index contributed by atoms with van der Waals surface area (Å²) in [6.45, 7) is 10.5. The van der Waals surface area contributed by atoms with Crippen molar-refractivity contribution in [1.29, 1.82) is 0 Å². The highest BCUT2D eigenvalue weighted by molar-refractivity contribution is 9.10. The molecule has 144 valence electrons. The fourth-order valence-electron chi connectivity index (χ4n) is 4.93. The largest absolute Gasteiger partial charge is 0.591 e. The fraction of sp³-hybridized carbons (Fsp3) is 0.667. The van der Waals surface area contributed by atoms with Gasteiger partial charge in [0.25, 0.3) is 0 Å². The van der Waals surface area contributed by atoms with Crippen molar-refractivity contribution < 1.29 is 9.29 Å². The van der Waals surface area contributed by atoms with E-state index < -0.39 is 11.4 Å². The van der Waals surface area contributed by atoms with Crippen molar-refractivity contribution in [3.63, 3.8) is 0 Å². The highest BCUT2D eigenvalue weighted by Gasteiger charge is 2.51. The zero-order valence-corrected chi connectivity index (χ0v) is 19.0. The molecule has 5 heteroatoms. The van der Waals surface area contributed by atoms with Crippen LogP contribution in [0.4, 0.5) is 0 Å². The molecule has 2 aliphatic rings. The second-order valence-corrected chi connectivity index (χ2v) is 11.9. The van der Waals surface area contributed by atoms with Crippen LogP contribution in [-0.4, -0.2) is 28.2 Å².